The molecule has 2 aromatic carbocycles. The first kappa shape index (κ1) is 19.5. The van der Waals surface area contributed by atoms with Crippen molar-refractivity contribution in [2.75, 3.05) is 18.8 Å². The number of ether oxygens (including phenoxy) is 1. The number of hydrogen-bond donors (Lipinski definition) is 0. The van der Waals surface area contributed by atoms with Gasteiger partial charge in [0.2, 0.25) is 0 Å². The van der Waals surface area contributed by atoms with Gasteiger partial charge in [0, 0.05) is 35.2 Å². The molecule has 1 fully saturated rings. The van der Waals surface area contributed by atoms with Crippen LogP contribution >= 0.6 is 11.8 Å². The van der Waals surface area contributed by atoms with Gasteiger partial charge in [0.25, 0.3) is 5.91 Å². The summed E-state index contributed by atoms with van der Waals surface area (Å²) < 4.78 is 54.5. The van der Waals surface area contributed by atoms with Gasteiger partial charge >= 0.3 is 6.36 Å². The Morgan fingerprint density at radius 1 is 1.07 bits per heavy atom. The van der Waals surface area contributed by atoms with Crippen molar-refractivity contribution in [3.8, 4) is 5.75 Å². The minimum Gasteiger partial charge on any atom is -0.406 e. The fourth-order valence-electron chi connectivity index (χ4n) is 2.94. The van der Waals surface area contributed by atoms with Crippen LogP contribution in [0.3, 0.4) is 0 Å². The molecule has 0 radical (unpaired) electrons. The van der Waals surface area contributed by atoms with Crippen LogP contribution in [0.2, 0.25) is 0 Å². The third kappa shape index (κ3) is 5.15. The van der Waals surface area contributed by atoms with Gasteiger partial charge in [-0.2, -0.15) is 11.8 Å². The summed E-state index contributed by atoms with van der Waals surface area (Å²) in [5.74, 6) is -0.233. The van der Waals surface area contributed by atoms with E-state index in [1.54, 1.807) is 34.9 Å². The van der Waals surface area contributed by atoms with Gasteiger partial charge in [0.05, 0.1) is 0 Å². The molecule has 0 aliphatic carbocycles. The predicted octanol–water partition coefficient (Wildman–Crippen LogP) is 5.04. The summed E-state index contributed by atoms with van der Waals surface area (Å²) in [4.78, 5) is 14.3. The highest BCUT2D eigenvalue weighted by Crippen LogP contribution is 2.36. The Morgan fingerprint density at radius 3 is 2.44 bits per heavy atom. The number of halogens is 4. The second-order valence-corrected chi connectivity index (χ2v) is 7.34. The highest BCUT2D eigenvalue weighted by atomic mass is 32.2. The second-order valence-electron chi connectivity index (χ2n) is 6.03. The molecule has 0 bridgehead atoms. The number of rotatable bonds is 3. The molecule has 1 heterocycles. The largest absolute Gasteiger partial charge is 0.573 e. The molecule has 0 saturated carbocycles. The zero-order valence-electron chi connectivity index (χ0n) is 14.2. The monoisotopic (exact) mass is 399 g/mol. The van der Waals surface area contributed by atoms with Gasteiger partial charge in [-0.05, 0) is 36.8 Å². The average Bonchev–Trinajstić information content (AvgIpc) is 2.87. The van der Waals surface area contributed by atoms with Crippen LogP contribution in [-0.2, 0) is 0 Å². The highest BCUT2D eigenvalue weighted by Gasteiger charge is 2.31. The van der Waals surface area contributed by atoms with Crippen LogP contribution in [0.5, 0.6) is 5.75 Å². The molecule has 0 aromatic heterocycles. The van der Waals surface area contributed by atoms with Crippen molar-refractivity contribution in [3.05, 3.63) is 65.5 Å². The lowest BCUT2D eigenvalue weighted by Gasteiger charge is -2.20. The number of benzene rings is 2. The Labute approximate surface area is 158 Å². The number of nitrogens with zero attached hydrogens (tertiary/aromatic N) is 1. The highest BCUT2D eigenvalue weighted by molar-refractivity contribution is 7.99. The summed E-state index contributed by atoms with van der Waals surface area (Å²) in [5, 5.41) is -0.0356. The number of thioether (sulfide) groups is 1. The van der Waals surface area contributed by atoms with Crippen molar-refractivity contribution < 1.29 is 27.1 Å². The lowest BCUT2D eigenvalue weighted by Crippen LogP contribution is -2.33. The van der Waals surface area contributed by atoms with Crippen LogP contribution in [-0.4, -0.2) is 36.0 Å². The van der Waals surface area contributed by atoms with Gasteiger partial charge in [-0.15, -0.1) is 13.2 Å². The molecule has 1 saturated heterocycles. The smallest absolute Gasteiger partial charge is 0.406 e. The Kier molecular flexibility index (Phi) is 5.94. The van der Waals surface area contributed by atoms with Crippen LogP contribution < -0.4 is 4.74 Å². The van der Waals surface area contributed by atoms with E-state index in [1.165, 1.54) is 18.2 Å². The van der Waals surface area contributed by atoms with E-state index in [4.69, 9.17) is 0 Å². The van der Waals surface area contributed by atoms with Crippen molar-refractivity contribution in [2.45, 2.75) is 18.0 Å². The third-order valence-electron chi connectivity index (χ3n) is 4.22. The van der Waals surface area contributed by atoms with E-state index in [9.17, 15) is 22.4 Å². The average molecular weight is 399 g/mol. The van der Waals surface area contributed by atoms with Gasteiger partial charge in [-0.1, -0.05) is 18.2 Å². The SMILES string of the molecule is O=C(c1ccc(OC(F)(F)F)cc1)N1CCSC(c2ccccc2F)CC1. The van der Waals surface area contributed by atoms with Gasteiger partial charge in [-0.3, -0.25) is 4.79 Å². The number of amides is 1. The number of hydrogen-bond acceptors (Lipinski definition) is 3. The maximum absolute atomic E-state index is 14.0. The predicted molar refractivity (Wildman–Crippen MR) is 95.2 cm³/mol. The standard InChI is InChI=1S/C19H17F4NO2S/c20-16-4-2-1-3-15(16)17-9-10-24(11-12-27-17)18(25)13-5-7-14(8-6-13)26-19(21,22)23/h1-8,17H,9-12H2. The summed E-state index contributed by atoms with van der Waals surface area (Å²) in [7, 11) is 0. The quantitative estimate of drug-likeness (QED) is 0.677. The van der Waals surface area contributed by atoms with Crippen molar-refractivity contribution in [1.82, 2.24) is 4.90 Å². The molecule has 1 aliphatic heterocycles. The molecule has 3 rings (SSSR count). The number of alkyl halides is 3. The zero-order valence-corrected chi connectivity index (χ0v) is 15.0. The van der Waals surface area contributed by atoms with Crippen LogP contribution in [0.25, 0.3) is 0 Å². The summed E-state index contributed by atoms with van der Waals surface area (Å²) in [6, 6.07) is 11.5. The van der Waals surface area contributed by atoms with Crippen molar-refractivity contribution in [2.24, 2.45) is 0 Å². The lowest BCUT2D eigenvalue weighted by molar-refractivity contribution is -0.274. The maximum atomic E-state index is 14.0. The Balaban J connectivity index is 1.65. The molecule has 0 N–H and O–H groups in total. The van der Waals surface area contributed by atoms with Crippen molar-refractivity contribution >= 4 is 17.7 Å². The Morgan fingerprint density at radius 2 is 1.78 bits per heavy atom. The topological polar surface area (TPSA) is 29.5 Å². The van der Waals surface area contributed by atoms with E-state index >= 15 is 0 Å². The van der Waals surface area contributed by atoms with E-state index in [2.05, 4.69) is 4.74 Å². The van der Waals surface area contributed by atoms with E-state index in [0.29, 0.717) is 36.4 Å². The molecule has 1 amide bonds. The van der Waals surface area contributed by atoms with Gasteiger partial charge in [0.15, 0.2) is 0 Å². The molecule has 1 atom stereocenters. The molecule has 3 nitrogen and oxygen atoms in total. The number of carbonyl (C=O) groups is 1. The molecule has 1 aliphatic rings. The molecule has 1 unspecified atom stereocenters. The summed E-state index contributed by atoms with van der Waals surface area (Å²) in [5.41, 5.74) is 0.921. The molecular weight excluding hydrogens is 382 g/mol. The summed E-state index contributed by atoms with van der Waals surface area (Å²) in [6.45, 7) is 0.945. The zero-order chi connectivity index (χ0) is 19.4. The van der Waals surface area contributed by atoms with Crippen LogP contribution in [0, 0.1) is 5.82 Å². The molecule has 2 aromatic rings. The fraction of sp³-hybridized carbons (Fsp3) is 0.316. The van der Waals surface area contributed by atoms with Crippen LogP contribution in [0.15, 0.2) is 48.5 Å². The molecule has 144 valence electrons. The first-order chi connectivity index (χ1) is 12.8. The van der Waals surface area contributed by atoms with E-state index in [0.717, 1.165) is 12.1 Å². The van der Waals surface area contributed by atoms with Crippen LogP contribution in [0.4, 0.5) is 17.6 Å². The first-order valence-corrected chi connectivity index (χ1v) is 9.39. The Hall–Kier alpha value is -2.22. The molecule has 0 spiro atoms. The minimum atomic E-state index is -4.77. The van der Waals surface area contributed by atoms with Crippen LogP contribution in [0.1, 0.15) is 27.6 Å². The van der Waals surface area contributed by atoms with E-state index in [1.807, 2.05) is 0 Å². The molecule has 27 heavy (non-hydrogen) atoms. The lowest BCUT2D eigenvalue weighted by atomic mass is 10.1. The van der Waals surface area contributed by atoms with Gasteiger partial charge in [-0.25, -0.2) is 4.39 Å². The minimum absolute atomic E-state index is 0.0356. The third-order valence-corrected chi connectivity index (χ3v) is 5.53. The molecular formula is C19H17F4NO2S. The summed E-state index contributed by atoms with van der Waals surface area (Å²) >= 11 is 1.60. The Bertz CT molecular complexity index is 795. The normalized spacial score (nSPS) is 18.1. The van der Waals surface area contributed by atoms with Crippen molar-refractivity contribution in [1.29, 1.82) is 0 Å². The van der Waals surface area contributed by atoms with E-state index < -0.39 is 6.36 Å². The van der Waals surface area contributed by atoms with Gasteiger partial charge < -0.3 is 9.64 Å². The maximum Gasteiger partial charge on any atom is 0.573 e. The number of carbonyl (C=O) groups excluding carboxylic acids is 1. The van der Waals surface area contributed by atoms with Gasteiger partial charge in [0.1, 0.15) is 11.6 Å². The van der Waals surface area contributed by atoms with E-state index in [-0.39, 0.29) is 22.7 Å². The molecule has 8 heteroatoms. The fourth-order valence-corrected chi connectivity index (χ4v) is 4.19. The first-order valence-electron chi connectivity index (χ1n) is 8.34. The van der Waals surface area contributed by atoms with Crippen molar-refractivity contribution in [3.63, 3.8) is 0 Å². The summed E-state index contributed by atoms with van der Waals surface area (Å²) in [6.07, 6.45) is -4.16. The second kappa shape index (κ2) is 8.21.